The number of aromatic nitrogens is 1. The minimum absolute atomic E-state index is 0.0373. The summed E-state index contributed by atoms with van der Waals surface area (Å²) in [6.45, 7) is 6.75. The van der Waals surface area contributed by atoms with Crippen molar-refractivity contribution in [1.29, 1.82) is 0 Å². The van der Waals surface area contributed by atoms with Crippen LogP contribution in [0.1, 0.15) is 41.8 Å². The molecule has 0 spiro atoms. The normalized spacial score (nSPS) is 15.5. The first-order chi connectivity index (χ1) is 10.5. The van der Waals surface area contributed by atoms with Gasteiger partial charge in [0, 0.05) is 28.4 Å². The van der Waals surface area contributed by atoms with E-state index in [2.05, 4.69) is 62.2 Å². The first-order valence-electron chi connectivity index (χ1n) is 7.80. The number of aryl methyl sites for hydroxylation is 1. The van der Waals surface area contributed by atoms with E-state index in [4.69, 9.17) is 4.74 Å². The van der Waals surface area contributed by atoms with Crippen LogP contribution >= 0.6 is 0 Å². The third kappa shape index (κ3) is 1.73. The summed E-state index contributed by atoms with van der Waals surface area (Å²) in [4.78, 5) is 3.67. The maximum Gasteiger partial charge on any atom is 0.119 e. The van der Waals surface area contributed by atoms with Gasteiger partial charge in [0.1, 0.15) is 5.75 Å². The molecule has 2 aromatic carbocycles. The fourth-order valence-electron chi connectivity index (χ4n) is 3.82. The van der Waals surface area contributed by atoms with E-state index in [-0.39, 0.29) is 5.41 Å². The molecule has 1 N–H and O–H groups in total. The van der Waals surface area contributed by atoms with Crippen LogP contribution < -0.4 is 4.74 Å². The molecule has 0 saturated carbocycles. The molecular formula is C20H21NO. The quantitative estimate of drug-likeness (QED) is 0.689. The van der Waals surface area contributed by atoms with E-state index in [1.165, 1.54) is 38.9 Å². The lowest BCUT2D eigenvalue weighted by atomic mass is 9.72. The van der Waals surface area contributed by atoms with Crippen LogP contribution in [0.3, 0.4) is 0 Å². The van der Waals surface area contributed by atoms with E-state index in [9.17, 15) is 0 Å². The van der Waals surface area contributed by atoms with Crippen molar-refractivity contribution in [1.82, 2.24) is 4.98 Å². The molecule has 2 heteroatoms. The van der Waals surface area contributed by atoms with Gasteiger partial charge >= 0.3 is 0 Å². The van der Waals surface area contributed by atoms with Crippen molar-refractivity contribution >= 4 is 10.9 Å². The molecule has 1 heterocycles. The molecule has 112 valence electrons. The molecule has 3 aromatic rings. The highest BCUT2D eigenvalue weighted by atomic mass is 16.5. The minimum Gasteiger partial charge on any atom is -0.497 e. The van der Waals surface area contributed by atoms with E-state index in [0.29, 0.717) is 0 Å². The molecule has 2 nitrogen and oxygen atoms in total. The van der Waals surface area contributed by atoms with Gasteiger partial charge in [-0.05, 0) is 47.9 Å². The number of ether oxygens (including phenoxy) is 1. The van der Waals surface area contributed by atoms with Gasteiger partial charge in [0.15, 0.2) is 0 Å². The molecule has 0 radical (unpaired) electrons. The maximum atomic E-state index is 5.43. The van der Waals surface area contributed by atoms with Crippen molar-refractivity contribution < 1.29 is 4.74 Å². The second-order valence-corrected chi connectivity index (χ2v) is 6.85. The average molecular weight is 291 g/mol. The average Bonchev–Trinajstić information content (AvgIpc) is 2.86. The van der Waals surface area contributed by atoms with E-state index in [1.54, 1.807) is 7.11 Å². The Morgan fingerprint density at radius 1 is 1.09 bits per heavy atom. The van der Waals surface area contributed by atoms with E-state index in [1.807, 2.05) is 0 Å². The number of benzene rings is 2. The van der Waals surface area contributed by atoms with Gasteiger partial charge in [-0.15, -0.1) is 0 Å². The second-order valence-electron chi connectivity index (χ2n) is 6.85. The van der Waals surface area contributed by atoms with Gasteiger partial charge < -0.3 is 9.72 Å². The van der Waals surface area contributed by atoms with Gasteiger partial charge in [-0.2, -0.15) is 0 Å². The summed E-state index contributed by atoms with van der Waals surface area (Å²) in [5.74, 6) is 0.933. The molecule has 4 rings (SSSR count). The predicted octanol–water partition coefficient (Wildman–Crippen LogP) is 4.72. The summed E-state index contributed by atoms with van der Waals surface area (Å²) in [6, 6.07) is 13.1. The number of nitrogens with one attached hydrogen (secondary N) is 1. The number of rotatable bonds is 1. The van der Waals surface area contributed by atoms with Crippen LogP contribution in [-0.2, 0) is 11.8 Å². The third-order valence-corrected chi connectivity index (χ3v) is 5.04. The van der Waals surface area contributed by atoms with Crippen LogP contribution in [-0.4, -0.2) is 12.1 Å². The Hall–Kier alpha value is -2.22. The minimum atomic E-state index is -0.0373. The molecule has 0 unspecified atom stereocenters. The molecule has 0 fully saturated rings. The van der Waals surface area contributed by atoms with Gasteiger partial charge in [0.25, 0.3) is 0 Å². The highest BCUT2D eigenvalue weighted by Crippen LogP contribution is 2.44. The molecule has 0 amide bonds. The predicted molar refractivity (Wildman–Crippen MR) is 91.0 cm³/mol. The van der Waals surface area contributed by atoms with Crippen molar-refractivity contribution in [2.45, 2.75) is 32.6 Å². The molecule has 1 aliphatic carbocycles. The van der Waals surface area contributed by atoms with Crippen molar-refractivity contribution in [2.24, 2.45) is 0 Å². The van der Waals surface area contributed by atoms with Crippen molar-refractivity contribution in [3.05, 3.63) is 64.3 Å². The third-order valence-electron chi connectivity index (χ3n) is 5.04. The van der Waals surface area contributed by atoms with Crippen LogP contribution in [0.15, 0.2) is 36.4 Å². The Kier molecular flexibility index (Phi) is 2.68. The Labute approximate surface area is 131 Å². The number of H-pyrrole nitrogens is 1. The first kappa shape index (κ1) is 13.4. The molecule has 0 atom stereocenters. The Bertz CT molecular complexity index is 886. The number of aromatic amines is 1. The lowest BCUT2D eigenvalue weighted by Crippen LogP contribution is -2.27. The summed E-state index contributed by atoms with van der Waals surface area (Å²) in [5, 5.41) is 1.37. The maximum absolute atomic E-state index is 5.43. The molecule has 22 heavy (non-hydrogen) atoms. The highest BCUT2D eigenvalue weighted by molar-refractivity contribution is 5.87. The zero-order valence-corrected chi connectivity index (χ0v) is 13.6. The molecule has 0 saturated heterocycles. The second kappa shape index (κ2) is 4.39. The smallest absolute Gasteiger partial charge is 0.119 e. The van der Waals surface area contributed by atoms with Crippen molar-refractivity contribution in [3.63, 3.8) is 0 Å². The SMILES string of the molecule is COc1ccc2c(c1)C(C)(C)c1[nH]c3ccc(C)cc3c1C2. The number of methoxy groups -OCH3 is 1. The molecule has 1 aromatic heterocycles. The van der Waals surface area contributed by atoms with E-state index < -0.39 is 0 Å². The van der Waals surface area contributed by atoms with Crippen LogP contribution in [0.25, 0.3) is 10.9 Å². The summed E-state index contributed by atoms with van der Waals surface area (Å²) >= 11 is 0. The molecular weight excluding hydrogens is 270 g/mol. The van der Waals surface area contributed by atoms with Crippen LogP contribution in [0, 0.1) is 6.92 Å². The Morgan fingerprint density at radius 3 is 2.68 bits per heavy atom. The number of hydrogen-bond acceptors (Lipinski definition) is 1. The molecule has 1 aliphatic rings. The lowest BCUT2D eigenvalue weighted by Gasteiger charge is -2.33. The van der Waals surface area contributed by atoms with Crippen LogP contribution in [0.2, 0.25) is 0 Å². The van der Waals surface area contributed by atoms with E-state index in [0.717, 1.165) is 12.2 Å². The highest BCUT2D eigenvalue weighted by Gasteiger charge is 2.35. The summed E-state index contributed by atoms with van der Waals surface area (Å²) in [7, 11) is 1.73. The first-order valence-corrected chi connectivity index (χ1v) is 7.80. The van der Waals surface area contributed by atoms with Gasteiger partial charge in [-0.1, -0.05) is 31.5 Å². The topological polar surface area (TPSA) is 25.0 Å². The Balaban J connectivity index is 2.00. The summed E-state index contributed by atoms with van der Waals surface area (Å²) in [6.07, 6.45) is 0.988. The Morgan fingerprint density at radius 2 is 1.91 bits per heavy atom. The van der Waals surface area contributed by atoms with Gasteiger partial charge in [0.05, 0.1) is 7.11 Å². The van der Waals surface area contributed by atoms with Crippen LogP contribution in [0.5, 0.6) is 5.75 Å². The van der Waals surface area contributed by atoms with Crippen molar-refractivity contribution in [3.8, 4) is 5.75 Å². The summed E-state index contributed by atoms with van der Waals surface area (Å²) < 4.78 is 5.43. The van der Waals surface area contributed by atoms with Gasteiger partial charge in [-0.3, -0.25) is 0 Å². The fraction of sp³-hybridized carbons (Fsp3) is 0.300. The molecule has 0 aliphatic heterocycles. The number of hydrogen-bond donors (Lipinski definition) is 1. The zero-order valence-electron chi connectivity index (χ0n) is 13.6. The monoisotopic (exact) mass is 291 g/mol. The number of fused-ring (bicyclic) bond motifs is 4. The summed E-state index contributed by atoms with van der Waals surface area (Å²) in [5.41, 5.74) is 8.07. The van der Waals surface area contributed by atoms with Crippen molar-refractivity contribution in [2.75, 3.05) is 7.11 Å². The zero-order chi connectivity index (χ0) is 15.5. The fourth-order valence-corrected chi connectivity index (χ4v) is 3.82. The van der Waals surface area contributed by atoms with E-state index >= 15 is 0 Å². The molecule has 0 bridgehead atoms. The van der Waals surface area contributed by atoms with Crippen LogP contribution in [0.4, 0.5) is 0 Å². The van der Waals surface area contributed by atoms with Gasteiger partial charge in [-0.25, -0.2) is 0 Å². The lowest BCUT2D eigenvalue weighted by molar-refractivity contribution is 0.412. The van der Waals surface area contributed by atoms with Gasteiger partial charge in [0.2, 0.25) is 0 Å². The largest absolute Gasteiger partial charge is 0.497 e. The standard InChI is InChI=1S/C20H21NO/c1-12-5-8-18-15(9-12)16-10-13-6-7-14(22-4)11-17(13)20(2,3)19(16)21-18/h5-9,11,21H,10H2,1-4H3.